The fraction of sp³-hybridized carbons (Fsp3) is 0.421. The van der Waals surface area contributed by atoms with E-state index >= 15 is 0 Å². The molecule has 0 spiro atoms. The Morgan fingerprint density at radius 2 is 2.04 bits per heavy atom. The topological polar surface area (TPSA) is 58.1 Å². The number of piperidine rings is 1. The molecule has 0 saturated carbocycles. The van der Waals surface area contributed by atoms with Gasteiger partial charge in [-0.15, -0.1) is 0 Å². The van der Waals surface area contributed by atoms with E-state index in [1.165, 1.54) is 23.9 Å². The number of nitrogens with zero attached hydrogens (tertiary/aromatic N) is 3. The van der Waals surface area contributed by atoms with Gasteiger partial charge in [-0.3, -0.25) is 4.79 Å². The van der Waals surface area contributed by atoms with Crippen molar-refractivity contribution in [3.8, 4) is 0 Å². The third kappa shape index (κ3) is 3.72. The third-order valence-electron chi connectivity index (χ3n) is 4.61. The molecule has 0 radical (unpaired) electrons. The molecule has 3 rings (SSSR count). The van der Waals surface area contributed by atoms with Crippen molar-refractivity contribution >= 4 is 17.4 Å². The van der Waals surface area contributed by atoms with Gasteiger partial charge in [0.25, 0.3) is 5.91 Å². The zero-order chi connectivity index (χ0) is 17.1. The summed E-state index contributed by atoms with van der Waals surface area (Å²) < 4.78 is 0. The molecular weight excluding hydrogens is 300 g/mol. The van der Waals surface area contributed by atoms with Crippen molar-refractivity contribution in [2.75, 3.05) is 18.4 Å². The SMILES string of the molecule is Cc1ccc(Nc2cc(C(=O)N3CCCC(C)C3)ncn2)cc1C. The molecule has 1 unspecified atom stereocenters. The van der Waals surface area contributed by atoms with Crippen LogP contribution in [0.1, 0.15) is 41.4 Å². The van der Waals surface area contributed by atoms with Gasteiger partial charge < -0.3 is 10.2 Å². The number of nitrogens with one attached hydrogen (secondary N) is 1. The average Bonchev–Trinajstić information content (AvgIpc) is 2.58. The highest BCUT2D eigenvalue weighted by molar-refractivity contribution is 5.93. The molecule has 5 nitrogen and oxygen atoms in total. The number of anilines is 2. The van der Waals surface area contributed by atoms with Crippen LogP contribution in [0.3, 0.4) is 0 Å². The Morgan fingerprint density at radius 1 is 1.21 bits per heavy atom. The summed E-state index contributed by atoms with van der Waals surface area (Å²) in [6.45, 7) is 7.97. The molecule has 24 heavy (non-hydrogen) atoms. The number of amides is 1. The predicted octanol–water partition coefficient (Wildman–Crippen LogP) is 3.71. The Labute approximate surface area is 143 Å². The molecule has 0 aliphatic carbocycles. The Morgan fingerprint density at radius 3 is 2.79 bits per heavy atom. The monoisotopic (exact) mass is 324 g/mol. The van der Waals surface area contributed by atoms with E-state index in [0.29, 0.717) is 17.4 Å². The lowest BCUT2D eigenvalue weighted by Crippen LogP contribution is -2.39. The van der Waals surface area contributed by atoms with Crippen molar-refractivity contribution in [2.24, 2.45) is 5.92 Å². The summed E-state index contributed by atoms with van der Waals surface area (Å²) in [6.07, 6.45) is 3.70. The fourth-order valence-electron chi connectivity index (χ4n) is 3.05. The molecule has 1 saturated heterocycles. The number of carbonyl (C=O) groups is 1. The first kappa shape index (κ1) is 16.4. The maximum absolute atomic E-state index is 12.7. The summed E-state index contributed by atoms with van der Waals surface area (Å²) >= 11 is 0. The lowest BCUT2D eigenvalue weighted by molar-refractivity contribution is 0.0677. The van der Waals surface area contributed by atoms with Crippen LogP contribution in [-0.4, -0.2) is 33.9 Å². The Bertz CT molecular complexity index is 744. The van der Waals surface area contributed by atoms with Crippen LogP contribution in [0.2, 0.25) is 0 Å². The maximum atomic E-state index is 12.7. The second-order valence-electron chi connectivity index (χ2n) is 6.71. The number of likely N-dealkylation sites (tertiary alicyclic amines) is 1. The van der Waals surface area contributed by atoms with Gasteiger partial charge in [-0.05, 0) is 55.9 Å². The Balaban J connectivity index is 1.76. The van der Waals surface area contributed by atoms with E-state index < -0.39 is 0 Å². The molecule has 2 aromatic rings. The first-order chi connectivity index (χ1) is 11.5. The van der Waals surface area contributed by atoms with Gasteiger partial charge in [0.15, 0.2) is 0 Å². The van der Waals surface area contributed by atoms with E-state index in [9.17, 15) is 4.79 Å². The lowest BCUT2D eigenvalue weighted by Gasteiger charge is -2.30. The zero-order valence-corrected chi connectivity index (χ0v) is 14.5. The minimum Gasteiger partial charge on any atom is -0.340 e. The van der Waals surface area contributed by atoms with Gasteiger partial charge in [0.1, 0.15) is 17.8 Å². The Kier molecular flexibility index (Phi) is 4.79. The summed E-state index contributed by atoms with van der Waals surface area (Å²) in [6, 6.07) is 7.89. The van der Waals surface area contributed by atoms with Crippen LogP contribution in [0.15, 0.2) is 30.6 Å². The molecule has 2 heterocycles. The molecule has 1 aliphatic rings. The van der Waals surface area contributed by atoms with Gasteiger partial charge in [0.2, 0.25) is 0 Å². The second-order valence-corrected chi connectivity index (χ2v) is 6.71. The van der Waals surface area contributed by atoms with Crippen LogP contribution in [-0.2, 0) is 0 Å². The van der Waals surface area contributed by atoms with Crippen LogP contribution in [0.25, 0.3) is 0 Å². The van der Waals surface area contributed by atoms with Crippen LogP contribution >= 0.6 is 0 Å². The maximum Gasteiger partial charge on any atom is 0.272 e. The van der Waals surface area contributed by atoms with Gasteiger partial charge in [-0.25, -0.2) is 9.97 Å². The number of benzene rings is 1. The smallest absolute Gasteiger partial charge is 0.272 e. The first-order valence-electron chi connectivity index (χ1n) is 8.48. The number of rotatable bonds is 3. The van der Waals surface area contributed by atoms with Crippen LogP contribution in [0, 0.1) is 19.8 Å². The van der Waals surface area contributed by atoms with Crippen LogP contribution in [0.4, 0.5) is 11.5 Å². The largest absolute Gasteiger partial charge is 0.340 e. The van der Waals surface area contributed by atoms with Crippen LogP contribution in [0.5, 0.6) is 0 Å². The molecular formula is C19H24N4O. The zero-order valence-electron chi connectivity index (χ0n) is 14.5. The van der Waals surface area contributed by atoms with Crippen molar-refractivity contribution in [3.63, 3.8) is 0 Å². The van der Waals surface area contributed by atoms with Gasteiger partial charge in [0.05, 0.1) is 0 Å². The molecule has 1 atom stereocenters. The summed E-state index contributed by atoms with van der Waals surface area (Å²) in [5.74, 6) is 1.19. The van der Waals surface area contributed by atoms with Crippen molar-refractivity contribution in [1.82, 2.24) is 14.9 Å². The van der Waals surface area contributed by atoms with Crippen molar-refractivity contribution in [1.29, 1.82) is 0 Å². The van der Waals surface area contributed by atoms with E-state index in [4.69, 9.17) is 0 Å². The van der Waals surface area contributed by atoms with Gasteiger partial charge in [-0.1, -0.05) is 13.0 Å². The number of hydrogen-bond donors (Lipinski definition) is 1. The average molecular weight is 324 g/mol. The van der Waals surface area contributed by atoms with Gasteiger partial charge >= 0.3 is 0 Å². The minimum atomic E-state index is -0.00733. The number of aryl methyl sites for hydroxylation is 2. The Hall–Kier alpha value is -2.43. The van der Waals surface area contributed by atoms with Gasteiger partial charge in [0, 0.05) is 24.8 Å². The quantitative estimate of drug-likeness (QED) is 0.935. The summed E-state index contributed by atoms with van der Waals surface area (Å²) in [7, 11) is 0. The molecule has 126 valence electrons. The van der Waals surface area contributed by atoms with Crippen molar-refractivity contribution in [2.45, 2.75) is 33.6 Å². The summed E-state index contributed by atoms with van der Waals surface area (Å²) in [5.41, 5.74) is 3.87. The predicted molar refractivity (Wildman–Crippen MR) is 95.5 cm³/mol. The lowest BCUT2D eigenvalue weighted by atomic mass is 10.00. The minimum absolute atomic E-state index is 0.00733. The standard InChI is InChI=1S/C19H24N4O/c1-13-5-4-8-23(11-13)19(24)17-10-18(21-12-20-17)22-16-7-6-14(2)15(3)9-16/h6-7,9-10,12-13H,4-5,8,11H2,1-3H3,(H,20,21,22). The van der Waals surface area contributed by atoms with Crippen molar-refractivity contribution < 1.29 is 4.79 Å². The van der Waals surface area contributed by atoms with E-state index in [2.05, 4.69) is 48.2 Å². The van der Waals surface area contributed by atoms with Crippen LogP contribution < -0.4 is 5.32 Å². The summed E-state index contributed by atoms with van der Waals surface area (Å²) in [5, 5.41) is 3.26. The van der Waals surface area contributed by atoms with E-state index in [1.807, 2.05) is 11.0 Å². The van der Waals surface area contributed by atoms with Gasteiger partial charge in [-0.2, -0.15) is 0 Å². The molecule has 1 aliphatic heterocycles. The summed E-state index contributed by atoms with van der Waals surface area (Å²) in [4.78, 5) is 23.0. The van der Waals surface area contributed by atoms with Crippen molar-refractivity contribution in [3.05, 3.63) is 47.4 Å². The first-order valence-corrected chi connectivity index (χ1v) is 8.48. The number of carbonyl (C=O) groups excluding carboxylic acids is 1. The number of aromatic nitrogens is 2. The molecule has 1 aromatic carbocycles. The van der Waals surface area contributed by atoms with E-state index in [1.54, 1.807) is 6.07 Å². The highest BCUT2D eigenvalue weighted by Gasteiger charge is 2.23. The fourth-order valence-corrected chi connectivity index (χ4v) is 3.05. The highest BCUT2D eigenvalue weighted by atomic mass is 16.2. The molecule has 1 N–H and O–H groups in total. The normalized spacial score (nSPS) is 17.6. The molecule has 5 heteroatoms. The highest BCUT2D eigenvalue weighted by Crippen LogP contribution is 2.20. The molecule has 1 aromatic heterocycles. The van der Waals surface area contributed by atoms with E-state index in [-0.39, 0.29) is 5.91 Å². The molecule has 1 amide bonds. The van der Waals surface area contributed by atoms with E-state index in [0.717, 1.165) is 25.2 Å². The number of hydrogen-bond acceptors (Lipinski definition) is 4. The molecule has 0 bridgehead atoms. The third-order valence-corrected chi connectivity index (χ3v) is 4.61. The molecule has 1 fully saturated rings. The second kappa shape index (κ2) is 6.99.